The largest absolute Gasteiger partial charge is 0.542 e. The fourth-order valence-corrected chi connectivity index (χ4v) is 6.51. The molecule has 0 aliphatic carbocycles. The number of rotatable bonds is 8. The molecule has 0 saturated carbocycles. The average Bonchev–Trinajstić information content (AvgIpc) is 3.03. The number of benzene rings is 2. The van der Waals surface area contributed by atoms with Crippen LogP contribution in [0.3, 0.4) is 0 Å². The van der Waals surface area contributed by atoms with Crippen LogP contribution < -0.4 is 15.7 Å². The lowest BCUT2D eigenvalue weighted by Gasteiger charge is -2.52. The summed E-state index contributed by atoms with van der Waals surface area (Å²) < 4.78 is 43.6. The Kier molecular flexibility index (Phi) is 13.3. The predicted molar refractivity (Wildman–Crippen MR) is 181 cm³/mol. The first kappa shape index (κ1) is 40.6. The van der Waals surface area contributed by atoms with Crippen LogP contribution in [0.5, 0.6) is 0 Å². The van der Waals surface area contributed by atoms with Gasteiger partial charge in [0.1, 0.15) is 18.1 Å². The van der Waals surface area contributed by atoms with Crippen molar-refractivity contribution in [3.8, 4) is 0 Å². The van der Waals surface area contributed by atoms with Crippen molar-refractivity contribution in [2.24, 2.45) is 11.8 Å². The minimum atomic E-state index is -5.19. The smallest absolute Gasteiger partial charge is 0.430 e. The number of carboxylic acids is 1. The van der Waals surface area contributed by atoms with E-state index in [9.17, 15) is 32.7 Å². The molecule has 0 spiro atoms. The molecule has 2 aromatic carbocycles. The lowest BCUT2D eigenvalue weighted by Crippen LogP contribution is -2.66. The van der Waals surface area contributed by atoms with Gasteiger partial charge in [-0.05, 0) is 38.3 Å². The maximum absolute atomic E-state index is 13.6. The minimum absolute atomic E-state index is 0.0921. The summed E-state index contributed by atoms with van der Waals surface area (Å²) in [5.74, 6) is -3.09. The van der Waals surface area contributed by atoms with Gasteiger partial charge in [-0.2, -0.15) is 13.2 Å². The molecule has 12 nitrogen and oxygen atoms in total. The van der Waals surface area contributed by atoms with Crippen molar-refractivity contribution in [3.05, 3.63) is 71.8 Å². The quantitative estimate of drug-likeness (QED) is 0.274. The monoisotopic (exact) mass is 734 g/mol. The zero-order valence-corrected chi connectivity index (χ0v) is 29.8. The number of aliphatic carboxylic acids is 1. The fourth-order valence-electron chi connectivity index (χ4n) is 6.51. The second kappa shape index (κ2) is 17.1. The number of carbonyl (C=O) groups excluding carboxylic acids is 4. The van der Waals surface area contributed by atoms with Crippen LogP contribution >= 0.6 is 0 Å². The van der Waals surface area contributed by atoms with Gasteiger partial charge in [0.15, 0.2) is 6.10 Å². The summed E-state index contributed by atoms with van der Waals surface area (Å²) in [7, 11) is 0. The summed E-state index contributed by atoms with van der Waals surface area (Å²) in [6.07, 6.45) is -2.51. The molecule has 1 atom stereocenters. The zero-order valence-electron chi connectivity index (χ0n) is 29.8. The summed E-state index contributed by atoms with van der Waals surface area (Å²) in [4.78, 5) is 47.4. The Hall–Kier alpha value is -4.21. The lowest BCUT2D eigenvalue weighted by atomic mass is 9.82. The number of amides is 2. The Morgan fingerprint density at radius 1 is 0.942 bits per heavy atom. The molecule has 3 N–H and O–H groups in total. The Bertz CT molecular complexity index is 1460. The van der Waals surface area contributed by atoms with Crippen molar-refractivity contribution in [2.45, 2.75) is 63.5 Å². The Labute approximate surface area is 301 Å². The van der Waals surface area contributed by atoms with Crippen LogP contribution in [0.25, 0.3) is 0 Å². The van der Waals surface area contributed by atoms with Crippen molar-refractivity contribution in [1.82, 2.24) is 15.5 Å². The zero-order chi connectivity index (χ0) is 38.2. The first-order valence-corrected chi connectivity index (χ1v) is 17.6. The number of hydrogen-bond donors (Lipinski definition) is 3. The summed E-state index contributed by atoms with van der Waals surface area (Å²) in [5, 5.41) is 26.7. The van der Waals surface area contributed by atoms with Crippen LogP contribution in [0.1, 0.15) is 51.2 Å². The van der Waals surface area contributed by atoms with Gasteiger partial charge in [0, 0.05) is 44.9 Å². The SMILES string of the molecule is CC(C)(C)OC(=O)N1CCC1.O=C(NCC[N+]12CCC(CC1)[C@@H](OC(=O)C(O)(c1ccccc1)c1ccccc1)C2)C1CNC1.O=C([O-])C(F)(F)F. The molecule has 0 radical (unpaired) electrons. The number of quaternary nitrogens is 1. The number of nitrogens with one attached hydrogen (secondary N) is 2. The van der Waals surface area contributed by atoms with Crippen LogP contribution in [0, 0.1) is 11.8 Å². The molecule has 5 saturated heterocycles. The van der Waals surface area contributed by atoms with Gasteiger partial charge in [0.2, 0.25) is 11.5 Å². The van der Waals surface area contributed by atoms with Gasteiger partial charge < -0.3 is 44.5 Å². The third-order valence-electron chi connectivity index (χ3n) is 9.76. The van der Waals surface area contributed by atoms with Crippen molar-refractivity contribution >= 4 is 23.9 Å². The predicted octanol–water partition coefficient (Wildman–Crippen LogP) is 2.34. The minimum Gasteiger partial charge on any atom is -0.542 e. The summed E-state index contributed by atoms with van der Waals surface area (Å²) in [6.45, 7) is 13.2. The molecule has 0 aromatic heterocycles. The molecule has 2 bridgehead atoms. The molecular weight excluding hydrogens is 685 g/mol. The normalized spacial score (nSPS) is 22.6. The number of esters is 1. The topological polar surface area (TPSA) is 157 Å². The molecule has 5 aliphatic heterocycles. The van der Waals surface area contributed by atoms with Gasteiger partial charge in [-0.15, -0.1) is 0 Å². The molecule has 52 heavy (non-hydrogen) atoms. The number of alkyl halides is 3. The summed E-state index contributed by atoms with van der Waals surface area (Å²) in [5.41, 5.74) is -1.20. The van der Waals surface area contributed by atoms with Crippen LogP contribution in [-0.4, -0.2) is 115 Å². The number of nitrogens with zero attached hydrogens (tertiary/aromatic N) is 2. The highest BCUT2D eigenvalue weighted by molar-refractivity contribution is 5.85. The Balaban J connectivity index is 0.000000276. The molecule has 2 amide bonds. The van der Waals surface area contributed by atoms with Gasteiger partial charge in [0.25, 0.3) is 0 Å². The van der Waals surface area contributed by atoms with Gasteiger partial charge in [0.05, 0.1) is 32.1 Å². The number of aliphatic hydroxyl groups is 1. The number of likely N-dealkylation sites (tertiary alicyclic amines) is 1. The van der Waals surface area contributed by atoms with E-state index < -0.39 is 23.7 Å². The maximum atomic E-state index is 13.6. The van der Waals surface area contributed by atoms with E-state index in [1.54, 1.807) is 29.2 Å². The van der Waals surface area contributed by atoms with E-state index in [0.29, 0.717) is 23.6 Å². The number of fused-ring (bicyclic) bond motifs is 3. The van der Waals surface area contributed by atoms with E-state index >= 15 is 0 Å². The molecular formula is C37H49F3N4O8. The van der Waals surface area contributed by atoms with Gasteiger partial charge >= 0.3 is 18.2 Å². The van der Waals surface area contributed by atoms with E-state index in [0.717, 1.165) is 76.1 Å². The van der Waals surface area contributed by atoms with Crippen LogP contribution in [0.4, 0.5) is 18.0 Å². The molecule has 15 heteroatoms. The number of halogens is 3. The fraction of sp³-hybridized carbons (Fsp3) is 0.568. The van der Waals surface area contributed by atoms with Gasteiger partial charge in [-0.1, -0.05) is 60.7 Å². The van der Waals surface area contributed by atoms with E-state index in [1.807, 2.05) is 57.2 Å². The Morgan fingerprint density at radius 2 is 1.46 bits per heavy atom. The van der Waals surface area contributed by atoms with Crippen LogP contribution in [0.15, 0.2) is 60.7 Å². The van der Waals surface area contributed by atoms with E-state index in [4.69, 9.17) is 19.4 Å². The molecule has 0 unspecified atom stereocenters. The Morgan fingerprint density at radius 3 is 1.87 bits per heavy atom. The van der Waals surface area contributed by atoms with Crippen molar-refractivity contribution in [3.63, 3.8) is 0 Å². The van der Waals surface area contributed by atoms with E-state index in [1.165, 1.54) is 0 Å². The van der Waals surface area contributed by atoms with Crippen molar-refractivity contribution in [2.75, 3.05) is 58.9 Å². The molecule has 5 fully saturated rings. The molecule has 2 aromatic rings. The number of hydrogen-bond acceptors (Lipinski definition) is 9. The third-order valence-corrected chi connectivity index (χ3v) is 9.76. The van der Waals surface area contributed by atoms with E-state index in [2.05, 4.69) is 10.6 Å². The highest BCUT2D eigenvalue weighted by Crippen LogP contribution is 2.38. The van der Waals surface area contributed by atoms with E-state index in [-0.39, 0.29) is 29.6 Å². The van der Waals surface area contributed by atoms with Crippen molar-refractivity contribution < 1.29 is 56.5 Å². The average molecular weight is 735 g/mol. The van der Waals surface area contributed by atoms with Gasteiger partial charge in [-0.25, -0.2) is 9.59 Å². The number of ether oxygens (including phenoxy) is 2. The lowest BCUT2D eigenvalue weighted by molar-refractivity contribution is -0.945. The molecule has 5 aliphatic rings. The first-order chi connectivity index (χ1) is 24.4. The third kappa shape index (κ3) is 10.7. The first-order valence-electron chi connectivity index (χ1n) is 17.6. The molecule has 7 rings (SSSR count). The summed E-state index contributed by atoms with van der Waals surface area (Å²) >= 11 is 0. The number of piperidine rings is 3. The standard InChI is InChI=1S/C27H33N3O4.C8H15NO2.C2HF3O2/c31-25(21-17-28-18-21)29-13-16-30-14-11-20(12-15-30)24(19-30)34-26(32)27(33,22-7-3-1-4-8-22)23-9-5-2-6-10-23;1-8(2,3)11-7(10)9-5-4-6-9;3-2(4,5)1(6)7/h1-10,20-21,24,28,33H,11-19H2;4-6H2,1-3H3;(H,6,7)/t20?,24-,30?;;/m0../s1. The maximum Gasteiger partial charge on any atom is 0.430 e. The highest BCUT2D eigenvalue weighted by atomic mass is 19.4. The number of carbonyl (C=O) groups is 4. The number of carboxylic acid groups (broad SMARTS) is 1. The second-order valence-electron chi connectivity index (χ2n) is 14.7. The van der Waals surface area contributed by atoms with Gasteiger partial charge in [-0.3, -0.25) is 4.79 Å². The highest BCUT2D eigenvalue weighted by Gasteiger charge is 2.50. The molecule has 286 valence electrons. The second-order valence-corrected chi connectivity index (χ2v) is 14.7. The van der Waals surface area contributed by atoms with Crippen LogP contribution in [-0.2, 0) is 29.5 Å². The van der Waals surface area contributed by atoms with Crippen molar-refractivity contribution in [1.29, 1.82) is 0 Å². The molecule has 5 heterocycles. The summed E-state index contributed by atoms with van der Waals surface area (Å²) in [6, 6.07) is 18.1. The van der Waals surface area contributed by atoms with Crippen LogP contribution in [0.2, 0.25) is 0 Å².